The maximum atomic E-state index is 13.8. The van der Waals surface area contributed by atoms with E-state index in [-0.39, 0.29) is 42.3 Å². The first-order valence-corrected chi connectivity index (χ1v) is 8.65. The number of carbonyl (C=O) groups excluding carboxylic acids is 1. The molecule has 1 aromatic carbocycles. The van der Waals surface area contributed by atoms with Gasteiger partial charge >= 0.3 is 0 Å². The second-order valence-electron chi connectivity index (χ2n) is 6.90. The van der Waals surface area contributed by atoms with E-state index in [2.05, 4.69) is 4.90 Å². The summed E-state index contributed by atoms with van der Waals surface area (Å²) < 4.78 is 18.7. The van der Waals surface area contributed by atoms with Crippen LogP contribution in [0.15, 0.2) is 18.2 Å². The smallest absolute Gasteiger partial charge is 0.242 e. The normalized spacial score (nSPS) is 19.4. The van der Waals surface area contributed by atoms with E-state index in [1.165, 1.54) is 13.2 Å². The Balaban J connectivity index is 0.00000169. The first kappa shape index (κ1) is 23.0. The minimum absolute atomic E-state index is 0. The van der Waals surface area contributed by atoms with Crippen molar-refractivity contribution in [2.45, 2.75) is 37.8 Å². The molecule has 2 fully saturated rings. The van der Waals surface area contributed by atoms with Crippen molar-refractivity contribution in [2.75, 3.05) is 33.3 Å². The minimum atomic E-state index is -0.638. The SMILES string of the molecule is COc1ccc(CN2CCN(C(=O)C3(N)CCCC3)CC2)cc1F.Cl.Cl. The number of nitrogens with zero attached hydrogens (tertiary/aromatic N) is 2. The van der Waals surface area contributed by atoms with Crippen LogP contribution in [0.25, 0.3) is 0 Å². The third-order valence-corrected chi connectivity index (χ3v) is 5.20. The molecule has 0 unspecified atom stereocenters. The maximum absolute atomic E-state index is 13.8. The monoisotopic (exact) mass is 407 g/mol. The van der Waals surface area contributed by atoms with Crippen molar-refractivity contribution in [3.8, 4) is 5.75 Å². The predicted octanol–water partition coefficient (Wildman–Crippen LogP) is 2.59. The number of nitrogens with two attached hydrogens (primary N) is 1. The lowest BCUT2D eigenvalue weighted by Gasteiger charge is -2.38. The Hall–Kier alpha value is -1.08. The van der Waals surface area contributed by atoms with Gasteiger partial charge in [-0.05, 0) is 30.5 Å². The van der Waals surface area contributed by atoms with Gasteiger partial charge in [0.05, 0.1) is 12.6 Å². The summed E-state index contributed by atoms with van der Waals surface area (Å²) in [6, 6.07) is 5.05. The number of hydrogen-bond acceptors (Lipinski definition) is 4. The third-order valence-electron chi connectivity index (χ3n) is 5.20. The molecule has 5 nitrogen and oxygen atoms in total. The zero-order valence-electron chi connectivity index (χ0n) is 15.1. The Morgan fingerprint density at radius 1 is 1.19 bits per heavy atom. The number of halogens is 3. The van der Waals surface area contributed by atoms with Crippen LogP contribution in [0.4, 0.5) is 4.39 Å². The van der Waals surface area contributed by atoms with Crippen LogP contribution in [0.3, 0.4) is 0 Å². The largest absolute Gasteiger partial charge is 0.494 e. The number of rotatable bonds is 4. The molecule has 8 heteroatoms. The summed E-state index contributed by atoms with van der Waals surface area (Å²) in [5, 5.41) is 0. The lowest BCUT2D eigenvalue weighted by molar-refractivity contribution is -0.138. The van der Waals surface area contributed by atoms with Gasteiger partial charge in [0.1, 0.15) is 0 Å². The molecule has 1 aliphatic heterocycles. The highest BCUT2D eigenvalue weighted by Gasteiger charge is 2.40. The molecule has 2 aliphatic rings. The van der Waals surface area contributed by atoms with Crippen molar-refractivity contribution in [2.24, 2.45) is 5.73 Å². The molecule has 0 atom stereocenters. The molecule has 26 heavy (non-hydrogen) atoms. The molecule has 1 amide bonds. The quantitative estimate of drug-likeness (QED) is 0.832. The molecule has 1 saturated heterocycles. The summed E-state index contributed by atoms with van der Waals surface area (Å²) in [6.45, 7) is 3.63. The highest BCUT2D eigenvalue weighted by Crippen LogP contribution is 2.29. The summed E-state index contributed by atoms with van der Waals surface area (Å²) in [6.07, 6.45) is 3.70. The van der Waals surface area contributed by atoms with E-state index < -0.39 is 5.54 Å². The molecule has 1 saturated carbocycles. The third kappa shape index (κ3) is 5.00. The van der Waals surface area contributed by atoms with Crippen molar-refractivity contribution >= 4 is 30.7 Å². The molecule has 0 spiro atoms. The van der Waals surface area contributed by atoms with E-state index in [1.807, 2.05) is 11.0 Å². The second kappa shape index (κ2) is 9.74. The van der Waals surface area contributed by atoms with E-state index in [4.69, 9.17) is 10.5 Å². The molecule has 0 bridgehead atoms. The summed E-state index contributed by atoms with van der Waals surface area (Å²) in [7, 11) is 1.46. The number of hydrogen-bond donors (Lipinski definition) is 1. The molecule has 1 aromatic rings. The minimum Gasteiger partial charge on any atom is -0.494 e. The van der Waals surface area contributed by atoms with Gasteiger partial charge < -0.3 is 15.4 Å². The van der Waals surface area contributed by atoms with E-state index in [0.29, 0.717) is 19.6 Å². The molecule has 0 aromatic heterocycles. The Kier molecular flexibility index (Phi) is 8.60. The van der Waals surface area contributed by atoms with Gasteiger partial charge in [-0.15, -0.1) is 24.8 Å². The van der Waals surface area contributed by atoms with Gasteiger partial charge in [0.15, 0.2) is 11.6 Å². The van der Waals surface area contributed by atoms with E-state index in [1.54, 1.807) is 6.07 Å². The number of amides is 1. The Bertz CT molecular complexity index is 604. The van der Waals surface area contributed by atoms with Crippen molar-refractivity contribution in [3.63, 3.8) is 0 Å². The topological polar surface area (TPSA) is 58.8 Å². The molecule has 2 N–H and O–H groups in total. The number of ether oxygens (including phenoxy) is 1. The van der Waals surface area contributed by atoms with Crippen LogP contribution in [0, 0.1) is 5.82 Å². The Morgan fingerprint density at radius 3 is 2.35 bits per heavy atom. The fourth-order valence-electron chi connectivity index (χ4n) is 3.71. The van der Waals surface area contributed by atoms with E-state index >= 15 is 0 Å². The highest BCUT2D eigenvalue weighted by molar-refractivity contribution is 5.86. The standard InChI is InChI=1S/C18H26FN3O2.2ClH/c1-24-16-5-4-14(12-15(16)19)13-21-8-10-22(11-9-21)17(23)18(20)6-2-3-7-18;;/h4-5,12H,2-3,6-11,13,20H2,1H3;2*1H. The Morgan fingerprint density at radius 2 is 1.81 bits per heavy atom. The maximum Gasteiger partial charge on any atom is 0.242 e. The first-order valence-electron chi connectivity index (χ1n) is 8.65. The fourth-order valence-corrected chi connectivity index (χ4v) is 3.71. The lowest BCUT2D eigenvalue weighted by atomic mass is 9.97. The van der Waals surface area contributed by atoms with Gasteiger partial charge in [0.2, 0.25) is 5.91 Å². The van der Waals surface area contributed by atoms with Crippen LogP contribution in [-0.2, 0) is 11.3 Å². The average molecular weight is 408 g/mol. The van der Waals surface area contributed by atoms with Gasteiger partial charge in [-0.3, -0.25) is 9.69 Å². The first-order chi connectivity index (χ1) is 11.5. The van der Waals surface area contributed by atoms with Crippen LogP contribution in [0.2, 0.25) is 0 Å². The zero-order valence-corrected chi connectivity index (χ0v) is 16.7. The highest BCUT2D eigenvalue weighted by atomic mass is 35.5. The van der Waals surface area contributed by atoms with E-state index in [0.717, 1.165) is 44.3 Å². The molecular weight excluding hydrogens is 380 g/mol. The van der Waals surface area contributed by atoms with Crippen LogP contribution >= 0.6 is 24.8 Å². The lowest BCUT2D eigenvalue weighted by Crippen LogP contribution is -2.58. The van der Waals surface area contributed by atoms with Gasteiger partial charge in [-0.25, -0.2) is 4.39 Å². The molecule has 0 radical (unpaired) electrons. The van der Waals surface area contributed by atoms with Crippen LogP contribution < -0.4 is 10.5 Å². The molecular formula is C18H28Cl2FN3O2. The summed E-state index contributed by atoms with van der Waals surface area (Å²) in [4.78, 5) is 16.8. The zero-order chi connectivity index (χ0) is 17.2. The van der Waals surface area contributed by atoms with E-state index in [9.17, 15) is 9.18 Å². The number of benzene rings is 1. The van der Waals surface area contributed by atoms with Gasteiger partial charge in [0.25, 0.3) is 0 Å². The number of methoxy groups -OCH3 is 1. The molecule has 1 heterocycles. The number of piperazine rings is 1. The van der Waals surface area contributed by atoms with Crippen LogP contribution in [-0.4, -0.2) is 54.5 Å². The predicted molar refractivity (Wildman–Crippen MR) is 105 cm³/mol. The molecule has 1 aliphatic carbocycles. The summed E-state index contributed by atoms with van der Waals surface area (Å²) in [5.41, 5.74) is 6.56. The van der Waals surface area contributed by atoms with Crippen LogP contribution in [0.5, 0.6) is 5.75 Å². The van der Waals surface area contributed by atoms with Crippen molar-refractivity contribution in [3.05, 3.63) is 29.6 Å². The molecule has 148 valence electrons. The van der Waals surface area contributed by atoms with Crippen LogP contribution in [0.1, 0.15) is 31.2 Å². The van der Waals surface area contributed by atoms with Gasteiger partial charge in [-0.1, -0.05) is 18.9 Å². The van der Waals surface area contributed by atoms with Gasteiger partial charge in [-0.2, -0.15) is 0 Å². The summed E-state index contributed by atoms with van der Waals surface area (Å²) >= 11 is 0. The van der Waals surface area contributed by atoms with Gasteiger partial charge in [0, 0.05) is 32.7 Å². The van der Waals surface area contributed by atoms with Crippen molar-refractivity contribution < 1.29 is 13.9 Å². The number of carbonyl (C=O) groups is 1. The average Bonchev–Trinajstić information content (AvgIpc) is 3.03. The Labute approximate surface area is 166 Å². The fraction of sp³-hybridized carbons (Fsp3) is 0.611. The van der Waals surface area contributed by atoms with Crippen molar-refractivity contribution in [1.82, 2.24) is 9.80 Å². The molecule has 3 rings (SSSR count). The summed E-state index contributed by atoms with van der Waals surface area (Å²) in [5.74, 6) is 0.0317. The van der Waals surface area contributed by atoms with Crippen molar-refractivity contribution in [1.29, 1.82) is 0 Å². The second-order valence-corrected chi connectivity index (χ2v) is 6.90.